The number of hydrogen-bond donors (Lipinski definition) is 0. The Bertz CT molecular complexity index is 2380. The first-order valence-corrected chi connectivity index (χ1v) is 26.0. The van der Waals surface area contributed by atoms with Gasteiger partial charge >= 0.3 is 300 Å². The third kappa shape index (κ3) is 5.86. The molecule has 0 aromatic heterocycles. The predicted molar refractivity (Wildman–Crippen MR) is 207 cm³/mol. The summed E-state index contributed by atoms with van der Waals surface area (Å²) < 4.78 is 0.984. The van der Waals surface area contributed by atoms with Gasteiger partial charge in [-0.1, -0.05) is 0 Å². The van der Waals surface area contributed by atoms with Gasteiger partial charge in [0.25, 0.3) is 0 Å². The van der Waals surface area contributed by atoms with Crippen LogP contribution in [0.1, 0.15) is 54.5 Å². The number of allylic oxidation sites excluding steroid dienone is 2. The van der Waals surface area contributed by atoms with Gasteiger partial charge in [-0.2, -0.15) is 0 Å². The van der Waals surface area contributed by atoms with Crippen LogP contribution < -0.4 is 30.0 Å². The molecular weight excluding hydrogens is 755 g/mol. The molecular formula is C47H38Cl2SiZr. The van der Waals surface area contributed by atoms with E-state index in [1.165, 1.54) is 54.9 Å². The third-order valence-corrected chi connectivity index (χ3v) is 31.8. The van der Waals surface area contributed by atoms with Crippen LogP contribution >= 0.6 is 0 Å². The van der Waals surface area contributed by atoms with Crippen molar-refractivity contribution in [2.45, 2.75) is 27.6 Å². The Morgan fingerprint density at radius 1 is 0.412 bits per heavy atom. The molecule has 0 fully saturated rings. The summed E-state index contributed by atoms with van der Waals surface area (Å²) in [5.74, 6) is 0. The van der Waals surface area contributed by atoms with Crippen LogP contribution in [0.3, 0.4) is 0 Å². The first-order chi connectivity index (χ1) is 24.1. The van der Waals surface area contributed by atoms with E-state index in [-0.39, 0.29) is 24.8 Å². The van der Waals surface area contributed by atoms with Crippen molar-refractivity contribution in [3.8, 4) is 0 Å². The molecule has 2 unspecified atom stereocenters. The van der Waals surface area contributed by atoms with Crippen molar-refractivity contribution in [2.75, 3.05) is 0 Å². The molecule has 2 aliphatic rings. The molecule has 0 amide bonds. The minimum atomic E-state index is -2.59. The maximum absolute atomic E-state index is 2.67. The molecule has 51 heavy (non-hydrogen) atoms. The van der Waals surface area contributed by atoms with Crippen molar-refractivity contribution in [3.05, 3.63) is 208 Å². The van der Waals surface area contributed by atoms with Crippen molar-refractivity contribution < 1.29 is 45.2 Å². The van der Waals surface area contributed by atoms with E-state index in [0.29, 0.717) is 7.25 Å². The van der Waals surface area contributed by atoms with Crippen LogP contribution in [-0.2, 0) is 20.4 Å². The molecule has 2 aliphatic carbocycles. The summed E-state index contributed by atoms with van der Waals surface area (Å²) in [7, 11) is 0. The predicted octanol–water partition coefficient (Wildman–Crippen LogP) is 5.60. The zero-order valence-corrected chi connectivity index (χ0v) is 34.0. The maximum Gasteiger partial charge on any atom is -1.00 e. The standard InChI is InChI=1S/2C20H15.C7H8Si.2ClH.Zr/c2*1-14-13-16-8-3-5-11-18(16)20(14)19-12-6-9-15-7-2-4-10-17(15)19;1-8-7-5-3-2-4-6-7;;;/h2*2-13H,1H3;2-6H,1H3;2*1H;/q;;;;;+2/p-2. The SMILES string of the molecule is CC1=C(c2cccc3ccccc23)c2ccccc2[CH]1[Zr+2]([CH]1C(C)=C(c2cccc3ccccc23)c2ccccc21)=[Si](C)c1ccccc1.[Cl-].[Cl-]. The molecule has 0 aliphatic heterocycles. The van der Waals surface area contributed by atoms with Gasteiger partial charge in [-0.25, -0.2) is 0 Å². The van der Waals surface area contributed by atoms with E-state index >= 15 is 0 Å². The molecule has 0 spiro atoms. The fraction of sp³-hybridized carbons (Fsp3) is 0.106. The van der Waals surface area contributed by atoms with Crippen molar-refractivity contribution in [2.24, 2.45) is 0 Å². The molecule has 0 saturated heterocycles. The van der Waals surface area contributed by atoms with Crippen molar-refractivity contribution in [1.82, 2.24) is 0 Å². The molecule has 0 bridgehead atoms. The summed E-state index contributed by atoms with van der Waals surface area (Å²) in [5, 5.41) is 6.92. The molecule has 0 radical (unpaired) electrons. The van der Waals surface area contributed by atoms with Gasteiger partial charge in [0.2, 0.25) is 0 Å². The van der Waals surface area contributed by atoms with Crippen LogP contribution in [0.25, 0.3) is 32.7 Å². The van der Waals surface area contributed by atoms with Gasteiger partial charge in [0.1, 0.15) is 0 Å². The van der Waals surface area contributed by atoms with E-state index in [4.69, 9.17) is 0 Å². The quantitative estimate of drug-likeness (QED) is 0.200. The Hall–Kier alpha value is -3.78. The molecule has 248 valence electrons. The molecule has 7 aromatic carbocycles. The zero-order valence-electron chi connectivity index (χ0n) is 29.0. The average molecular weight is 793 g/mol. The Balaban J connectivity index is 0.00000203. The zero-order chi connectivity index (χ0) is 33.1. The van der Waals surface area contributed by atoms with Gasteiger partial charge < -0.3 is 24.8 Å². The van der Waals surface area contributed by atoms with Gasteiger partial charge in [0.15, 0.2) is 0 Å². The largest absolute Gasteiger partial charge is 1.00 e. The molecule has 7 aromatic rings. The number of halogens is 2. The second kappa shape index (κ2) is 14.7. The van der Waals surface area contributed by atoms with Crippen molar-refractivity contribution >= 4 is 43.3 Å². The number of hydrogen-bond acceptors (Lipinski definition) is 0. The van der Waals surface area contributed by atoms with Crippen LogP contribution in [0.2, 0.25) is 6.55 Å². The first-order valence-electron chi connectivity index (χ1n) is 17.4. The fourth-order valence-corrected chi connectivity index (χ4v) is 32.1. The second-order valence-corrected chi connectivity index (χ2v) is 29.5. The van der Waals surface area contributed by atoms with Gasteiger partial charge in [-0.15, -0.1) is 0 Å². The molecule has 0 heterocycles. The van der Waals surface area contributed by atoms with Crippen LogP contribution in [0.5, 0.6) is 0 Å². The molecule has 4 heteroatoms. The van der Waals surface area contributed by atoms with E-state index in [2.05, 4.69) is 184 Å². The third-order valence-electron chi connectivity index (χ3n) is 11.1. The van der Waals surface area contributed by atoms with Crippen molar-refractivity contribution in [1.29, 1.82) is 0 Å². The van der Waals surface area contributed by atoms with Crippen LogP contribution in [0.4, 0.5) is 0 Å². The van der Waals surface area contributed by atoms with Crippen LogP contribution in [-0.4, -0.2) is 5.43 Å². The summed E-state index contributed by atoms with van der Waals surface area (Å²) in [4.78, 5) is 0. The Morgan fingerprint density at radius 2 is 0.784 bits per heavy atom. The first kappa shape index (κ1) is 35.6. The average Bonchev–Trinajstić information content (AvgIpc) is 3.61. The molecule has 9 rings (SSSR count). The second-order valence-electron chi connectivity index (χ2n) is 13.7. The Kier molecular flexibility index (Phi) is 10.3. The van der Waals surface area contributed by atoms with Crippen LogP contribution in [0.15, 0.2) is 175 Å². The molecule has 0 N–H and O–H groups in total. The normalized spacial score (nSPS) is 15.9. The van der Waals surface area contributed by atoms with Gasteiger partial charge in [0, 0.05) is 0 Å². The smallest absolute Gasteiger partial charge is 1.00 e. The summed E-state index contributed by atoms with van der Waals surface area (Å²) in [6.07, 6.45) is 0. The Labute approximate surface area is 322 Å². The maximum atomic E-state index is 2.67. The summed E-state index contributed by atoms with van der Waals surface area (Å²) >= 11 is -2.59. The molecule has 0 saturated carbocycles. The number of benzene rings is 7. The molecule has 0 nitrogen and oxygen atoms in total. The van der Waals surface area contributed by atoms with E-state index in [1.807, 2.05) is 0 Å². The van der Waals surface area contributed by atoms with E-state index < -0.39 is 25.8 Å². The van der Waals surface area contributed by atoms with E-state index in [0.717, 1.165) is 0 Å². The number of rotatable bonds is 5. The minimum Gasteiger partial charge on any atom is -1.00 e. The summed E-state index contributed by atoms with van der Waals surface area (Å²) in [5.41, 5.74) is 14.1. The number of fused-ring (bicyclic) bond motifs is 4. The summed E-state index contributed by atoms with van der Waals surface area (Å²) in [6.45, 7) is 7.66. The van der Waals surface area contributed by atoms with Crippen molar-refractivity contribution in [3.63, 3.8) is 0 Å². The van der Waals surface area contributed by atoms with Gasteiger partial charge in [-0.3, -0.25) is 0 Å². The summed E-state index contributed by atoms with van der Waals surface area (Å²) in [6, 6.07) is 62.1. The van der Waals surface area contributed by atoms with Gasteiger partial charge in [0.05, 0.1) is 0 Å². The Morgan fingerprint density at radius 3 is 1.27 bits per heavy atom. The molecule has 2 atom stereocenters. The minimum absolute atomic E-state index is 0. The van der Waals surface area contributed by atoms with E-state index in [1.54, 1.807) is 27.5 Å². The van der Waals surface area contributed by atoms with Crippen LogP contribution in [0, 0.1) is 0 Å². The fourth-order valence-electron chi connectivity index (χ4n) is 8.99. The van der Waals surface area contributed by atoms with Gasteiger partial charge in [-0.05, 0) is 0 Å². The van der Waals surface area contributed by atoms with E-state index in [9.17, 15) is 0 Å². The monoisotopic (exact) mass is 790 g/mol. The topological polar surface area (TPSA) is 0 Å².